The van der Waals surface area contributed by atoms with Gasteiger partial charge in [-0.15, -0.1) is 0 Å². The molecule has 2 aromatic rings. The zero-order chi connectivity index (χ0) is 10.1. The highest BCUT2D eigenvalue weighted by Crippen LogP contribution is 2.26. The minimum atomic E-state index is 0.343. The van der Waals surface area contributed by atoms with Crippen LogP contribution in [0, 0.1) is 0 Å². The Hall–Kier alpha value is -1.54. The monoisotopic (exact) mass is 199 g/mol. The molecule has 0 saturated carbocycles. The van der Waals surface area contributed by atoms with E-state index in [0.717, 1.165) is 18.8 Å². The van der Waals surface area contributed by atoms with Gasteiger partial charge in [-0.25, -0.2) is 0 Å². The SMILES string of the molecule is c1ccc2c(OC3CNC3)cccc2c1. The van der Waals surface area contributed by atoms with Crippen LogP contribution in [-0.2, 0) is 0 Å². The molecule has 76 valence electrons. The fourth-order valence-corrected chi connectivity index (χ4v) is 1.82. The number of hydrogen-bond donors (Lipinski definition) is 1. The summed E-state index contributed by atoms with van der Waals surface area (Å²) >= 11 is 0. The minimum Gasteiger partial charge on any atom is -0.487 e. The van der Waals surface area contributed by atoms with Crippen molar-refractivity contribution in [3.63, 3.8) is 0 Å². The Morgan fingerprint density at radius 3 is 2.60 bits per heavy atom. The molecule has 0 aromatic heterocycles. The molecule has 15 heavy (non-hydrogen) atoms. The average molecular weight is 199 g/mol. The van der Waals surface area contributed by atoms with Gasteiger partial charge in [-0.05, 0) is 11.5 Å². The second-order valence-corrected chi connectivity index (χ2v) is 3.88. The summed E-state index contributed by atoms with van der Waals surface area (Å²) < 4.78 is 5.90. The maximum atomic E-state index is 5.90. The van der Waals surface area contributed by atoms with Crippen molar-refractivity contribution in [3.8, 4) is 5.75 Å². The molecule has 0 bridgehead atoms. The number of nitrogens with one attached hydrogen (secondary N) is 1. The van der Waals surface area contributed by atoms with E-state index in [0.29, 0.717) is 6.10 Å². The van der Waals surface area contributed by atoms with Crippen LogP contribution in [0.25, 0.3) is 10.8 Å². The van der Waals surface area contributed by atoms with Gasteiger partial charge < -0.3 is 10.1 Å². The van der Waals surface area contributed by atoms with E-state index in [2.05, 4.69) is 29.6 Å². The molecule has 1 fully saturated rings. The van der Waals surface area contributed by atoms with E-state index in [1.807, 2.05) is 18.2 Å². The summed E-state index contributed by atoms with van der Waals surface area (Å²) in [6.07, 6.45) is 0.343. The second-order valence-electron chi connectivity index (χ2n) is 3.88. The van der Waals surface area contributed by atoms with Gasteiger partial charge in [0.25, 0.3) is 0 Å². The first kappa shape index (κ1) is 8.74. The molecule has 1 saturated heterocycles. The fourth-order valence-electron chi connectivity index (χ4n) is 1.82. The summed E-state index contributed by atoms with van der Waals surface area (Å²) in [7, 11) is 0. The highest BCUT2D eigenvalue weighted by molar-refractivity contribution is 5.88. The van der Waals surface area contributed by atoms with E-state index in [-0.39, 0.29) is 0 Å². The van der Waals surface area contributed by atoms with Crippen molar-refractivity contribution in [2.45, 2.75) is 6.10 Å². The van der Waals surface area contributed by atoms with E-state index >= 15 is 0 Å². The maximum absolute atomic E-state index is 5.90. The number of benzene rings is 2. The van der Waals surface area contributed by atoms with E-state index in [4.69, 9.17) is 4.74 Å². The third-order valence-corrected chi connectivity index (χ3v) is 2.79. The van der Waals surface area contributed by atoms with Gasteiger partial charge >= 0.3 is 0 Å². The highest BCUT2D eigenvalue weighted by atomic mass is 16.5. The van der Waals surface area contributed by atoms with E-state index in [1.54, 1.807) is 0 Å². The van der Waals surface area contributed by atoms with Crippen LogP contribution in [0.15, 0.2) is 42.5 Å². The first-order chi connectivity index (χ1) is 7.43. The zero-order valence-corrected chi connectivity index (χ0v) is 8.44. The Labute approximate surface area is 88.9 Å². The Kier molecular flexibility index (Phi) is 2.07. The molecular formula is C13H13NO. The van der Waals surface area contributed by atoms with Crippen LogP contribution in [0.3, 0.4) is 0 Å². The largest absolute Gasteiger partial charge is 0.487 e. The van der Waals surface area contributed by atoms with Crippen molar-refractivity contribution in [3.05, 3.63) is 42.5 Å². The zero-order valence-electron chi connectivity index (χ0n) is 8.44. The lowest BCUT2D eigenvalue weighted by Crippen LogP contribution is -2.50. The third-order valence-electron chi connectivity index (χ3n) is 2.79. The van der Waals surface area contributed by atoms with Gasteiger partial charge in [0.05, 0.1) is 0 Å². The van der Waals surface area contributed by atoms with Gasteiger partial charge in [-0.1, -0.05) is 36.4 Å². The molecule has 0 radical (unpaired) electrons. The van der Waals surface area contributed by atoms with Crippen LogP contribution in [0.1, 0.15) is 0 Å². The number of fused-ring (bicyclic) bond motifs is 1. The summed E-state index contributed by atoms with van der Waals surface area (Å²) in [5.74, 6) is 1.000. The van der Waals surface area contributed by atoms with Gasteiger partial charge in [0.15, 0.2) is 0 Å². The Morgan fingerprint density at radius 2 is 1.80 bits per heavy atom. The van der Waals surface area contributed by atoms with Gasteiger partial charge in [0.1, 0.15) is 11.9 Å². The molecule has 2 aromatic carbocycles. The lowest BCUT2D eigenvalue weighted by Gasteiger charge is -2.28. The average Bonchev–Trinajstić information content (AvgIpc) is 2.23. The molecule has 0 atom stereocenters. The molecule has 3 rings (SSSR count). The smallest absolute Gasteiger partial charge is 0.127 e. The predicted molar refractivity (Wildman–Crippen MR) is 61.2 cm³/mol. The summed E-state index contributed by atoms with van der Waals surface area (Å²) in [4.78, 5) is 0. The van der Waals surface area contributed by atoms with Crippen LogP contribution < -0.4 is 10.1 Å². The topological polar surface area (TPSA) is 21.3 Å². The Morgan fingerprint density at radius 1 is 1.00 bits per heavy atom. The summed E-state index contributed by atoms with van der Waals surface area (Å²) in [5.41, 5.74) is 0. The molecule has 1 heterocycles. The lowest BCUT2D eigenvalue weighted by atomic mass is 10.1. The Bertz CT molecular complexity index is 471. The molecule has 0 spiro atoms. The molecule has 1 aliphatic heterocycles. The molecule has 1 aliphatic rings. The Balaban J connectivity index is 2.01. The first-order valence-corrected chi connectivity index (χ1v) is 5.28. The molecule has 2 heteroatoms. The molecular weight excluding hydrogens is 186 g/mol. The van der Waals surface area contributed by atoms with Gasteiger partial charge in [0, 0.05) is 18.5 Å². The maximum Gasteiger partial charge on any atom is 0.127 e. The van der Waals surface area contributed by atoms with Crippen molar-refractivity contribution in [1.82, 2.24) is 5.32 Å². The summed E-state index contributed by atoms with van der Waals surface area (Å²) in [6, 6.07) is 14.5. The summed E-state index contributed by atoms with van der Waals surface area (Å²) in [6.45, 7) is 1.92. The minimum absolute atomic E-state index is 0.343. The normalized spacial score (nSPS) is 16.3. The van der Waals surface area contributed by atoms with Gasteiger partial charge in [0.2, 0.25) is 0 Å². The van der Waals surface area contributed by atoms with Crippen molar-refractivity contribution in [2.75, 3.05) is 13.1 Å². The van der Waals surface area contributed by atoms with E-state index in [9.17, 15) is 0 Å². The third kappa shape index (κ3) is 1.57. The van der Waals surface area contributed by atoms with Crippen LogP contribution in [0.4, 0.5) is 0 Å². The molecule has 0 unspecified atom stereocenters. The van der Waals surface area contributed by atoms with Crippen LogP contribution >= 0.6 is 0 Å². The predicted octanol–water partition coefficient (Wildman–Crippen LogP) is 2.19. The van der Waals surface area contributed by atoms with Gasteiger partial charge in [-0.3, -0.25) is 0 Å². The molecule has 0 aliphatic carbocycles. The van der Waals surface area contributed by atoms with Crippen molar-refractivity contribution < 1.29 is 4.74 Å². The molecule has 1 N–H and O–H groups in total. The quantitative estimate of drug-likeness (QED) is 0.800. The van der Waals surface area contributed by atoms with Crippen LogP contribution in [0.5, 0.6) is 5.75 Å². The number of hydrogen-bond acceptors (Lipinski definition) is 2. The van der Waals surface area contributed by atoms with E-state index in [1.165, 1.54) is 10.8 Å². The van der Waals surface area contributed by atoms with E-state index < -0.39 is 0 Å². The molecule has 0 amide bonds. The fraction of sp³-hybridized carbons (Fsp3) is 0.231. The van der Waals surface area contributed by atoms with Gasteiger partial charge in [-0.2, -0.15) is 0 Å². The van der Waals surface area contributed by atoms with Crippen molar-refractivity contribution >= 4 is 10.8 Å². The lowest BCUT2D eigenvalue weighted by molar-refractivity contribution is 0.144. The van der Waals surface area contributed by atoms with Crippen LogP contribution in [-0.4, -0.2) is 19.2 Å². The first-order valence-electron chi connectivity index (χ1n) is 5.28. The van der Waals surface area contributed by atoms with Crippen molar-refractivity contribution in [2.24, 2.45) is 0 Å². The number of rotatable bonds is 2. The van der Waals surface area contributed by atoms with Crippen molar-refractivity contribution in [1.29, 1.82) is 0 Å². The standard InChI is InChI=1S/C13H13NO/c1-2-6-12-10(4-1)5-3-7-13(12)15-11-8-14-9-11/h1-7,11,14H,8-9H2. The van der Waals surface area contributed by atoms with Crippen LogP contribution in [0.2, 0.25) is 0 Å². The summed E-state index contributed by atoms with van der Waals surface area (Å²) in [5, 5.41) is 5.64. The molecule has 2 nitrogen and oxygen atoms in total. The highest BCUT2D eigenvalue weighted by Gasteiger charge is 2.18. The second kappa shape index (κ2) is 3.55. The number of ether oxygens (including phenoxy) is 1.